The quantitative estimate of drug-likeness (QED) is 0.687. The molecule has 70 valence electrons. The van der Waals surface area contributed by atoms with Crippen LogP contribution in [0.25, 0.3) is 0 Å². The first-order valence-corrected chi connectivity index (χ1v) is 5.57. The molecule has 0 aromatic heterocycles. The molecule has 1 atom stereocenters. The Morgan fingerprint density at radius 3 is 2.23 bits per heavy atom. The monoisotopic (exact) mass is 194 g/mol. The third-order valence-electron chi connectivity index (χ3n) is 2.14. The van der Waals surface area contributed by atoms with Crippen LogP contribution in [-0.2, 0) is 0 Å². The predicted octanol–water partition coefficient (Wildman–Crippen LogP) is 3.31. The summed E-state index contributed by atoms with van der Waals surface area (Å²) in [5.74, 6) is 0.128. The zero-order valence-electron chi connectivity index (χ0n) is 8.20. The first-order valence-electron chi connectivity index (χ1n) is 4.29. The van der Waals surface area contributed by atoms with Gasteiger partial charge in [0, 0.05) is 10.8 Å². The fourth-order valence-corrected chi connectivity index (χ4v) is 1.55. The Labute approximate surface area is 83.5 Å². The highest BCUT2D eigenvalue weighted by Gasteiger charge is 2.03. The van der Waals surface area contributed by atoms with Crippen LogP contribution in [0.5, 0.6) is 0 Å². The summed E-state index contributed by atoms with van der Waals surface area (Å²) in [5, 5.41) is 0.501. The number of hydrogen-bond acceptors (Lipinski definition) is 2. The van der Waals surface area contributed by atoms with E-state index in [2.05, 4.69) is 13.2 Å². The molecule has 0 heterocycles. The Morgan fingerprint density at radius 1 is 1.31 bits per heavy atom. The SMILES string of the molecule is CSC(C)c1ccc(C(C)=O)cc1. The van der Waals surface area contributed by atoms with Crippen LogP contribution in [-0.4, -0.2) is 12.0 Å². The average molecular weight is 194 g/mol. The van der Waals surface area contributed by atoms with Crippen molar-refractivity contribution < 1.29 is 4.79 Å². The number of rotatable bonds is 3. The van der Waals surface area contributed by atoms with E-state index >= 15 is 0 Å². The van der Waals surface area contributed by atoms with E-state index in [1.165, 1.54) is 5.56 Å². The van der Waals surface area contributed by atoms with E-state index in [0.29, 0.717) is 5.25 Å². The zero-order chi connectivity index (χ0) is 9.84. The Kier molecular flexibility index (Phi) is 3.55. The first-order chi connectivity index (χ1) is 6.15. The molecular weight excluding hydrogens is 180 g/mol. The van der Waals surface area contributed by atoms with Gasteiger partial charge < -0.3 is 0 Å². The van der Waals surface area contributed by atoms with Crippen molar-refractivity contribution >= 4 is 17.5 Å². The van der Waals surface area contributed by atoms with Crippen molar-refractivity contribution in [2.45, 2.75) is 19.1 Å². The summed E-state index contributed by atoms with van der Waals surface area (Å²) in [6, 6.07) is 7.84. The summed E-state index contributed by atoms with van der Waals surface area (Å²) in [6.45, 7) is 3.75. The summed E-state index contributed by atoms with van der Waals surface area (Å²) in [7, 11) is 0. The number of Topliss-reactive ketones (excluding diaryl/α,β-unsaturated/α-hetero) is 1. The van der Waals surface area contributed by atoms with E-state index in [9.17, 15) is 4.79 Å². The van der Waals surface area contributed by atoms with Gasteiger partial charge in [0.25, 0.3) is 0 Å². The van der Waals surface area contributed by atoms with Gasteiger partial charge in [0.2, 0.25) is 0 Å². The topological polar surface area (TPSA) is 17.1 Å². The number of ketones is 1. The average Bonchev–Trinajstić information content (AvgIpc) is 2.17. The molecule has 1 rings (SSSR count). The predicted molar refractivity (Wildman–Crippen MR) is 58.4 cm³/mol. The number of hydrogen-bond donors (Lipinski definition) is 0. The molecule has 0 aliphatic rings. The van der Waals surface area contributed by atoms with Crippen molar-refractivity contribution in [2.24, 2.45) is 0 Å². The minimum Gasteiger partial charge on any atom is -0.295 e. The van der Waals surface area contributed by atoms with Crippen LogP contribution < -0.4 is 0 Å². The zero-order valence-corrected chi connectivity index (χ0v) is 9.02. The van der Waals surface area contributed by atoms with Gasteiger partial charge in [-0.2, -0.15) is 11.8 Å². The van der Waals surface area contributed by atoms with E-state index in [-0.39, 0.29) is 5.78 Å². The third kappa shape index (κ3) is 2.59. The highest BCUT2D eigenvalue weighted by Crippen LogP contribution is 2.25. The Balaban J connectivity index is 2.87. The fourth-order valence-electron chi connectivity index (χ4n) is 1.12. The lowest BCUT2D eigenvalue weighted by Gasteiger charge is -2.08. The molecule has 0 aliphatic carbocycles. The lowest BCUT2D eigenvalue weighted by molar-refractivity contribution is 0.101. The van der Waals surface area contributed by atoms with Crippen LogP contribution in [0.1, 0.15) is 35.0 Å². The van der Waals surface area contributed by atoms with E-state index in [0.717, 1.165) is 5.56 Å². The molecule has 0 aliphatic heterocycles. The molecule has 0 bridgehead atoms. The van der Waals surface area contributed by atoms with Crippen molar-refractivity contribution in [3.63, 3.8) is 0 Å². The van der Waals surface area contributed by atoms with E-state index in [1.54, 1.807) is 6.92 Å². The van der Waals surface area contributed by atoms with E-state index in [1.807, 2.05) is 36.0 Å². The van der Waals surface area contributed by atoms with Crippen molar-refractivity contribution in [1.29, 1.82) is 0 Å². The maximum atomic E-state index is 11.0. The minimum atomic E-state index is 0.128. The van der Waals surface area contributed by atoms with Crippen LogP contribution >= 0.6 is 11.8 Å². The molecule has 1 aromatic rings. The molecule has 2 heteroatoms. The van der Waals surface area contributed by atoms with Crippen molar-refractivity contribution in [3.8, 4) is 0 Å². The maximum absolute atomic E-state index is 11.0. The highest BCUT2D eigenvalue weighted by molar-refractivity contribution is 7.98. The van der Waals surface area contributed by atoms with Gasteiger partial charge in [-0.3, -0.25) is 4.79 Å². The molecule has 0 fully saturated rings. The Morgan fingerprint density at radius 2 is 1.85 bits per heavy atom. The van der Waals surface area contributed by atoms with Gasteiger partial charge in [-0.05, 0) is 25.7 Å². The van der Waals surface area contributed by atoms with Gasteiger partial charge in [-0.15, -0.1) is 0 Å². The van der Waals surface area contributed by atoms with Crippen molar-refractivity contribution in [2.75, 3.05) is 6.26 Å². The number of benzene rings is 1. The lowest BCUT2D eigenvalue weighted by Crippen LogP contribution is -1.93. The number of carbonyl (C=O) groups is 1. The van der Waals surface area contributed by atoms with Crippen molar-refractivity contribution in [3.05, 3.63) is 35.4 Å². The standard InChI is InChI=1S/C11H14OS/c1-8(12)10-4-6-11(7-5-10)9(2)13-3/h4-7,9H,1-3H3. The summed E-state index contributed by atoms with van der Waals surface area (Å²) < 4.78 is 0. The fraction of sp³-hybridized carbons (Fsp3) is 0.364. The van der Waals surface area contributed by atoms with Crippen LogP contribution in [0.4, 0.5) is 0 Å². The number of thioether (sulfide) groups is 1. The smallest absolute Gasteiger partial charge is 0.159 e. The molecule has 13 heavy (non-hydrogen) atoms. The van der Waals surface area contributed by atoms with E-state index in [4.69, 9.17) is 0 Å². The molecule has 1 nitrogen and oxygen atoms in total. The second-order valence-corrected chi connectivity index (χ2v) is 4.23. The molecule has 0 N–H and O–H groups in total. The van der Waals surface area contributed by atoms with Crippen LogP contribution in [0, 0.1) is 0 Å². The lowest BCUT2D eigenvalue weighted by atomic mass is 10.1. The van der Waals surface area contributed by atoms with Gasteiger partial charge in [0.05, 0.1) is 0 Å². The molecule has 0 amide bonds. The molecular formula is C11H14OS. The maximum Gasteiger partial charge on any atom is 0.159 e. The van der Waals surface area contributed by atoms with Crippen LogP contribution in [0.3, 0.4) is 0 Å². The summed E-state index contributed by atoms with van der Waals surface area (Å²) in [4.78, 5) is 11.0. The summed E-state index contributed by atoms with van der Waals surface area (Å²) in [5.41, 5.74) is 2.06. The number of carbonyl (C=O) groups excluding carboxylic acids is 1. The minimum absolute atomic E-state index is 0.128. The highest BCUT2D eigenvalue weighted by atomic mass is 32.2. The van der Waals surface area contributed by atoms with Crippen LogP contribution in [0.15, 0.2) is 24.3 Å². The molecule has 1 unspecified atom stereocenters. The van der Waals surface area contributed by atoms with Crippen LogP contribution in [0.2, 0.25) is 0 Å². The molecule has 1 aromatic carbocycles. The second kappa shape index (κ2) is 4.47. The normalized spacial score (nSPS) is 12.5. The Bertz CT molecular complexity index is 289. The molecule has 0 radical (unpaired) electrons. The van der Waals surface area contributed by atoms with Gasteiger partial charge in [-0.1, -0.05) is 24.3 Å². The second-order valence-electron chi connectivity index (χ2n) is 3.06. The van der Waals surface area contributed by atoms with E-state index < -0.39 is 0 Å². The van der Waals surface area contributed by atoms with Crippen molar-refractivity contribution in [1.82, 2.24) is 0 Å². The van der Waals surface area contributed by atoms with Gasteiger partial charge in [0.1, 0.15) is 0 Å². The summed E-state index contributed by atoms with van der Waals surface area (Å²) >= 11 is 1.81. The Hall–Kier alpha value is -0.760. The molecule has 0 saturated heterocycles. The third-order valence-corrected chi connectivity index (χ3v) is 3.12. The summed E-state index contributed by atoms with van der Waals surface area (Å²) in [6.07, 6.45) is 2.09. The molecule has 0 spiro atoms. The largest absolute Gasteiger partial charge is 0.295 e. The first kappa shape index (κ1) is 10.3. The van der Waals surface area contributed by atoms with Gasteiger partial charge in [-0.25, -0.2) is 0 Å². The molecule has 0 saturated carbocycles. The van der Waals surface area contributed by atoms with Gasteiger partial charge in [0.15, 0.2) is 5.78 Å². The van der Waals surface area contributed by atoms with Gasteiger partial charge >= 0.3 is 0 Å².